The van der Waals surface area contributed by atoms with Gasteiger partial charge in [-0.2, -0.15) is 0 Å². The van der Waals surface area contributed by atoms with Gasteiger partial charge in [-0.25, -0.2) is 0 Å². The van der Waals surface area contributed by atoms with Crippen molar-refractivity contribution in [1.82, 2.24) is 0 Å². The fourth-order valence-electron chi connectivity index (χ4n) is 9.98. The van der Waals surface area contributed by atoms with E-state index in [1.165, 1.54) is 114 Å². The Hall–Kier alpha value is -6.62. The van der Waals surface area contributed by atoms with Crippen LogP contribution in [0.1, 0.15) is 31.9 Å². The average Bonchev–Trinajstić information content (AvgIpc) is 3.63. The maximum absolute atomic E-state index is 2.66. The van der Waals surface area contributed by atoms with E-state index >= 15 is 0 Å². The number of rotatable bonds is 3. The number of hydrogen-bond donors (Lipinski definition) is 0. The lowest BCUT2D eigenvalue weighted by Gasteiger charge is -2.46. The van der Waals surface area contributed by atoms with Gasteiger partial charge in [-0.1, -0.05) is 142 Å². The lowest BCUT2D eigenvalue weighted by Crippen LogP contribution is -2.61. The maximum atomic E-state index is 2.66. The van der Waals surface area contributed by atoms with E-state index in [2.05, 4.69) is 213 Å². The Kier molecular flexibility index (Phi) is 7.41. The first-order chi connectivity index (χ1) is 28.8. The Morgan fingerprint density at radius 1 is 0.492 bits per heavy atom. The van der Waals surface area contributed by atoms with Gasteiger partial charge in [0.15, 0.2) is 0 Å². The van der Waals surface area contributed by atoms with Gasteiger partial charge in [-0.3, -0.25) is 0 Å². The van der Waals surface area contributed by atoms with Crippen LogP contribution in [0, 0.1) is 6.92 Å². The molecule has 10 aromatic rings. The van der Waals surface area contributed by atoms with Crippen molar-refractivity contribution in [3.63, 3.8) is 0 Å². The Labute approximate surface area is 349 Å². The van der Waals surface area contributed by atoms with Crippen molar-refractivity contribution < 1.29 is 0 Å². The lowest BCUT2D eigenvalue weighted by molar-refractivity contribution is 0.590. The summed E-state index contributed by atoms with van der Waals surface area (Å²) in [6.45, 7) is 9.10. The number of hydrogen-bond acceptors (Lipinski definition) is 3. The highest BCUT2D eigenvalue weighted by Crippen LogP contribution is 2.51. The maximum Gasteiger partial charge on any atom is 0.333 e. The highest BCUT2D eigenvalue weighted by Gasteiger charge is 2.46. The topological polar surface area (TPSA) is 6.48 Å². The summed E-state index contributed by atoms with van der Waals surface area (Å²) in [5, 5.41) is 7.64. The van der Waals surface area contributed by atoms with E-state index in [0.29, 0.717) is 0 Å². The van der Waals surface area contributed by atoms with E-state index in [9.17, 15) is 0 Å². The molecule has 59 heavy (non-hydrogen) atoms. The van der Waals surface area contributed by atoms with E-state index in [1.807, 2.05) is 11.3 Å². The van der Waals surface area contributed by atoms with Crippen LogP contribution in [0.5, 0.6) is 0 Å². The molecule has 0 aliphatic carbocycles. The van der Waals surface area contributed by atoms with Crippen LogP contribution in [-0.2, 0) is 5.41 Å². The molecule has 4 heteroatoms. The predicted molar refractivity (Wildman–Crippen MR) is 257 cm³/mol. The van der Waals surface area contributed by atoms with Crippen LogP contribution in [0.25, 0.3) is 64.0 Å². The first-order valence-electron chi connectivity index (χ1n) is 20.7. The molecule has 0 N–H and O–H groups in total. The van der Waals surface area contributed by atoms with Crippen molar-refractivity contribution >= 4 is 99.3 Å². The van der Waals surface area contributed by atoms with E-state index in [0.717, 1.165) is 0 Å². The van der Waals surface area contributed by atoms with Gasteiger partial charge in [-0.15, -0.1) is 11.3 Å². The molecule has 12 rings (SSSR count). The summed E-state index contributed by atoms with van der Waals surface area (Å²) in [6, 6.07) is 66.4. The van der Waals surface area contributed by atoms with Crippen molar-refractivity contribution in [1.29, 1.82) is 0 Å². The molecule has 0 atom stereocenters. The first-order valence-corrected chi connectivity index (χ1v) is 21.5. The molecule has 3 heterocycles. The zero-order valence-corrected chi connectivity index (χ0v) is 34.4. The van der Waals surface area contributed by atoms with Gasteiger partial charge in [0, 0.05) is 53.9 Å². The Morgan fingerprint density at radius 2 is 1.17 bits per heavy atom. The Morgan fingerprint density at radius 3 is 1.93 bits per heavy atom. The predicted octanol–water partition coefficient (Wildman–Crippen LogP) is 14.3. The largest absolute Gasteiger partial charge is 0.376 e. The molecule has 9 aromatic carbocycles. The van der Waals surface area contributed by atoms with Crippen LogP contribution >= 0.6 is 11.3 Å². The van der Waals surface area contributed by atoms with Crippen molar-refractivity contribution in [3.05, 3.63) is 187 Å². The van der Waals surface area contributed by atoms with Gasteiger partial charge >= 0.3 is 6.85 Å². The molecule has 0 fully saturated rings. The average molecular weight is 773 g/mol. The Balaban J connectivity index is 1.23. The zero-order chi connectivity index (χ0) is 39.6. The van der Waals surface area contributed by atoms with Crippen molar-refractivity contribution in [2.75, 3.05) is 9.71 Å². The number of anilines is 5. The number of fused-ring (bicyclic) bond motifs is 10. The molecule has 280 valence electrons. The van der Waals surface area contributed by atoms with Gasteiger partial charge in [0.1, 0.15) is 0 Å². The van der Waals surface area contributed by atoms with Gasteiger partial charge < -0.3 is 9.71 Å². The fraction of sp³-hybridized carbons (Fsp3) is 0.0909. The van der Waals surface area contributed by atoms with Crippen LogP contribution in [0.2, 0.25) is 0 Å². The molecule has 0 amide bonds. The minimum absolute atomic E-state index is 0.0463. The smallest absolute Gasteiger partial charge is 0.333 e. The standard InChI is InChI=1S/C55H41BN2S/c1-34-28-38(35-14-6-5-7-15-35)22-27-48(34)57-50-33-52-45(43-20-12-13-21-51(43)59-52)32-47(50)56-53-46(30-39-18-10-11-19-42(39)54(53)57)44-29-36-16-8-9-17-37(36)31-49(44)58(56)41-25-23-40(24-26-41)55(2,3)4/h5-33H,1-4H3. The molecular formula is C55H41BN2S. The molecular weight excluding hydrogens is 731 g/mol. The SMILES string of the molecule is Cc1cc(-c2ccccc2)ccc1N1c2cc3sc4ccccc4c3cc2B2c3c(cc4ccccc4c31)-c1cc3ccccc3cc1N2c1ccc(C(C)(C)C)cc1. The quantitative estimate of drug-likeness (QED) is 0.165. The van der Waals surface area contributed by atoms with Gasteiger partial charge in [0.05, 0.1) is 5.69 Å². The highest BCUT2D eigenvalue weighted by molar-refractivity contribution is 7.26. The second-order valence-electron chi connectivity index (χ2n) is 17.4. The molecule has 0 radical (unpaired) electrons. The molecule has 1 aromatic heterocycles. The van der Waals surface area contributed by atoms with E-state index in [-0.39, 0.29) is 12.3 Å². The second kappa shape index (κ2) is 12.7. The molecule has 0 saturated heterocycles. The highest BCUT2D eigenvalue weighted by atomic mass is 32.1. The number of nitrogens with zero attached hydrogens (tertiary/aromatic N) is 2. The third kappa shape index (κ3) is 5.19. The van der Waals surface area contributed by atoms with Crippen molar-refractivity contribution in [2.24, 2.45) is 0 Å². The number of benzene rings is 9. The minimum Gasteiger partial charge on any atom is -0.376 e. The van der Waals surface area contributed by atoms with Crippen LogP contribution in [0.3, 0.4) is 0 Å². The zero-order valence-electron chi connectivity index (χ0n) is 33.6. The van der Waals surface area contributed by atoms with Gasteiger partial charge in [0.2, 0.25) is 0 Å². The van der Waals surface area contributed by atoms with E-state index < -0.39 is 0 Å². The van der Waals surface area contributed by atoms with Crippen molar-refractivity contribution in [2.45, 2.75) is 33.1 Å². The summed E-state index contributed by atoms with van der Waals surface area (Å²) in [6.07, 6.45) is 0. The molecule has 0 unspecified atom stereocenters. The van der Waals surface area contributed by atoms with E-state index in [1.54, 1.807) is 0 Å². The molecule has 0 spiro atoms. The summed E-state index contributed by atoms with van der Waals surface area (Å²) in [4.78, 5) is 5.28. The molecule has 2 nitrogen and oxygen atoms in total. The minimum atomic E-state index is -0.0861. The van der Waals surface area contributed by atoms with Crippen LogP contribution in [-0.4, -0.2) is 6.85 Å². The monoisotopic (exact) mass is 772 g/mol. The summed E-state index contributed by atoms with van der Waals surface area (Å²) < 4.78 is 2.62. The van der Waals surface area contributed by atoms with Crippen LogP contribution < -0.4 is 20.6 Å². The van der Waals surface area contributed by atoms with E-state index in [4.69, 9.17) is 0 Å². The number of thiophene rings is 1. The lowest BCUT2D eigenvalue weighted by atomic mass is 9.43. The second-order valence-corrected chi connectivity index (χ2v) is 18.5. The fourth-order valence-corrected chi connectivity index (χ4v) is 11.1. The van der Waals surface area contributed by atoms with Gasteiger partial charge in [-0.05, 0) is 122 Å². The Bertz CT molecular complexity index is 3340. The molecule has 2 aliphatic heterocycles. The summed E-state index contributed by atoms with van der Waals surface area (Å²) in [5.74, 6) is 0. The summed E-state index contributed by atoms with van der Waals surface area (Å²) in [7, 11) is 0. The summed E-state index contributed by atoms with van der Waals surface area (Å²) in [5.41, 5.74) is 16.5. The molecule has 0 bridgehead atoms. The van der Waals surface area contributed by atoms with Crippen molar-refractivity contribution in [3.8, 4) is 22.3 Å². The normalized spacial score (nSPS) is 13.3. The third-order valence-corrected chi connectivity index (χ3v) is 14.0. The van der Waals surface area contributed by atoms with Gasteiger partial charge in [0.25, 0.3) is 0 Å². The summed E-state index contributed by atoms with van der Waals surface area (Å²) >= 11 is 1.90. The third-order valence-electron chi connectivity index (χ3n) is 12.8. The molecule has 0 saturated carbocycles. The number of aryl methyl sites for hydroxylation is 1. The van der Waals surface area contributed by atoms with Crippen LogP contribution in [0.4, 0.5) is 28.4 Å². The first kappa shape index (κ1) is 34.4. The molecule has 2 aliphatic rings. The van der Waals surface area contributed by atoms with Crippen LogP contribution in [0.15, 0.2) is 176 Å².